The molecule has 2 aromatic heterocycles. The second kappa shape index (κ2) is 6.84. The van der Waals surface area contributed by atoms with Crippen molar-refractivity contribution in [3.8, 4) is 28.8 Å². The zero-order valence-electron chi connectivity index (χ0n) is 15.4. The van der Waals surface area contributed by atoms with E-state index in [1.165, 1.54) is 6.20 Å². The molecule has 1 aliphatic heterocycles. The number of imidazole rings is 1. The Kier molecular flexibility index (Phi) is 4.34. The van der Waals surface area contributed by atoms with Crippen molar-refractivity contribution in [3.05, 3.63) is 58.9 Å². The summed E-state index contributed by atoms with van der Waals surface area (Å²) in [6, 6.07) is 11.6. The van der Waals surface area contributed by atoms with Crippen LogP contribution >= 0.6 is 0 Å². The van der Waals surface area contributed by atoms with Gasteiger partial charge in [-0.05, 0) is 35.6 Å². The van der Waals surface area contributed by atoms with Crippen LogP contribution in [0, 0.1) is 10.1 Å². The minimum atomic E-state index is -0.643. The third-order valence-electron chi connectivity index (χ3n) is 4.43. The van der Waals surface area contributed by atoms with Gasteiger partial charge in [-0.2, -0.15) is 0 Å². The SMILES string of the molecule is COc1ccc(-c2ccc(OCC3(C)Cn4cc([N+](=O)[O-])nc4O3)cc2)cn1. The van der Waals surface area contributed by atoms with Crippen molar-refractivity contribution in [2.24, 2.45) is 0 Å². The Labute approximate surface area is 160 Å². The summed E-state index contributed by atoms with van der Waals surface area (Å²) in [7, 11) is 1.58. The quantitative estimate of drug-likeness (QED) is 0.477. The number of aromatic nitrogens is 3. The molecule has 0 N–H and O–H groups in total. The highest BCUT2D eigenvalue weighted by Crippen LogP contribution is 2.31. The van der Waals surface area contributed by atoms with Crippen LogP contribution in [0.1, 0.15) is 6.92 Å². The second-order valence-electron chi connectivity index (χ2n) is 6.72. The number of hydrogen-bond acceptors (Lipinski definition) is 7. The van der Waals surface area contributed by atoms with Gasteiger partial charge in [0, 0.05) is 22.8 Å². The van der Waals surface area contributed by atoms with Gasteiger partial charge in [0.25, 0.3) is 0 Å². The number of rotatable bonds is 6. The Morgan fingerprint density at radius 2 is 2.00 bits per heavy atom. The molecule has 0 aliphatic carbocycles. The standard InChI is InChI=1S/C19H18N4O5/c1-19(11-22-10-16(23(24)25)21-18(22)28-19)12-27-15-6-3-13(4-7-15)14-5-8-17(26-2)20-9-14/h3-10H,11-12H2,1-2H3. The maximum atomic E-state index is 10.8. The zero-order valence-corrected chi connectivity index (χ0v) is 15.4. The van der Waals surface area contributed by atoms with E-state index >= 15 is 0 Å². The van der Waals surface area contributed by atoms with Crippen LogP contribution in [0.25, 0.3) is 11.1 Å². The lowest BCUT2D eigenvalue weighted by molar-refractivity contribution is -0.389. The first kappa shape index (κ1) is 17.8. The predicted molar refractivity (Wildman–Crippen MR) is 99.6 cm³/mol. The van der Waals surface area contributed by atoms with E-state index in [2.05, 4.69) is 9.97 Å². The average Bonchev–Trinajstić information content (AvgIpc) is 3.22. The average molecular weight is 382 g/mol. The Hall–Kier alpha value is -3.62. The first-order valence-electron chi connectivity index (χ1n) is 8.60. The summed E-state index contributed by atoms with van der Waals surface area (Å²) in [6.45, 7) is 2.59. The summed E-state index contributed by atoms with van der Waals surface area (Å²) in [5.74, 6) is 1.05. The number of hydrogen-bond donors (Lipinski definition) is 0. The highest BCUT2D eigenvalue weighted by atomic mass is 16.6. The van der Waals surface area contributed by atoms with Crippen LogP contribution in [-0.2, 0) is 6.54 Å². The molecule has 9 heteroatoms. The molecular formula is C19H18N4O5. The topological polar surface area (TPSA) is 102 Å². The third kappa shape index (κ3) is 3.46. The molecule has 1 aromatic carbocycles. The molecule has 0 fully saturated rings. The first-order chi connectivity index (χ1) is 13.5. The minimum Gasteiger partial charge on any atom is -0.489 e. The molecular weight excluding hydrogens is 364 g/mol. The van der Waals surface area contributed by atoms with Crippen molar-refractivity contribution in [2.75, 3.05) is 13.7 Å². The van der Waals surface area contributed by atoms with E-state index in [9.17, 15) is 10.1 Å². The highest BCUT2D eigenvalue weighted by molar-refractivity contribution is 5.63. The summed E-state index contributed by atoms with van der Waals surface area (Å²) in [5, 5.41) is 10.8. The molecule has 0 spiro atoms. The number of benzene rings is 1. The summed E-state index contributed by atoms with van der Waals surface area (Å²) < 4.78 is 18.3. The zero-order chi connectivity index (χ0) is 19.7. The highest BCUT2D eigenvalue weighted by Gasteiger charge is 2.41. The summed E-state index contributed by atoms with van der Waals surface area (Å²) in [5.41, 5.74) is 1.35. The molecule has 0 amide bonds. The van der Waals surface area contributed by atoms with Gasteiger partial charge >= 0.3 is 11.8 Å². The number of fused-ring (bicyclic) bond motifs is 1. The molecule has 3 aromatic rings. The van der Waals surface area contributed by atoms with E-state index < -0.39 is 10.5 Å². The van der Waals surface area contributed by atoms with Crippen LogP contribution in [0.2, 0.25) is 0 Å². The minimum absolute atomic E-state index is 0.221. The van der Waals surface area contributed by atoms with E-state index in [1.807, 2.05) is 43.3 Å². The van der Waals surface area contributed by atoms with Gasteiger partial charge in [0.15, 0.2) is 5.60 Å². The number of nitro groups is 1. The molecule has 3 heterocycles. The molecule has 9 nitrogen and oxygen atoms in total. The van der Waals surface area contributed by atoms with Crippen molar-refractivity contribution in [2.45, 2.75) is 19.1 Å². The van der Waals surface area contributed by atoms with Crippen molar-refractivity contribution < 1.29 is 19.1 Å². The fourth-order valence-electron chi connectivity index (χ4n) is 3.01. The van der Waals surface area contributed by atoms with Crippen LogP contribution in [0.4, 0.5) is 5.82 Å². The molecule has 144 valence electrons. The number of nitrogens with zero attached hydrogens (tertiary/aromatic N) is 4. The Morgan fingerprint density at radius 1 is 1.25 bits per heavy atom. The van der Waals surface area contributed by atoms with E-state index in [1.54, 1.807) is 17.9 Å². The molecule has 1 unspecified atom stereocenters. The summed E-state index contributed by atoms with van der Waals surface area (Å²) in [4.78, 5) is 18.3. The summed E-state index contributed by atoms with van der Waals surface area (Å²) in [6.07, 6.45) is 3.13. The number of methoxy groups -OCH3 is 1. The fraction of sp³-hybridized carbons (Fsp3) is 0.263. The molecule has 1 aliphatic rings. The van der Waals surface area contributed by atoms with Crippen LogP contribution in [0.15, 0.2) is 48.8 Å². The van der Waals surface area contributed by atoms with Gasteiger partial charge in [0.05, 0.1) is 13.7 Å². The lowest BCUT2D eigenvalue weighted by atomic mass is 10.1. The maximum Gasteiger partial charge on any atom is 0.415 e. The van der Waals surface area contributed by atoms with Crippen LogP contribution in [-0.4, -0.2) is 38.8 Å². The maximum absolute atomic E-state index is 10.8. The number of pyridine rings is 1. The third-order valence-corrected chi connectivity index (χ3v) is 4.43. The van der Waals surface area contributed by atoms with Crippen LogP contribution in [0.3, 0.4) is 0 Å². The molecule has 0 saturated carbocycles. The van der Waals surface area contributed by atoms with Gasteiger partial charge < -0.3 is 24.3 Å². The Balaban J connectivity index is 1.38. The Morgan fingerprint density at radius 3 is 2.61 bits per heavy atom. The Bertz CT molecular complexity index is 975. The lowest BCUT2D eigenvalue weighted by Gasteiger charge is -2.22. The second-order valence-corrected chi connectivity index (χ2v) is 6.72. The smallest absolute Gasteiger partial charge is 0.415 e. The first-order valence-corrected chi connectivity index (χ1v) is 8.60. The van der Waals surface area contributed by atoms with E-state index in [0.717, 1.165) is 11.1 Å². The van der Waals surface area contributed by atoms with Gasteiger partial charge in [-0.3, -0.25) is 4.57 Å². The van der Waals surface area contributed by atoms with Crippen molar-refractivity contribution in [1.29, 1.82) is 0 Å². The molecule has 0 radical (unpaired) electrons. The molecule has 0 saturated heterocycles. The molecule has 1 atom stereocenters. The molecule has 4 rings (SSSR count). The monoisotopic (exact) mass is 382 g/mol. The molecule has 28 heavy (non-hydrogen) atoms. The van der Waals surface area contributed by atoms with Gasteiger partial charge in [0.2, 0.25) is 5.88 Å². The van der Waals surface area contributed by atoms with Crippen LogP contribution < -0.4 is 14.2 Å². The van der Waals surface area contributed by atoms with Crippen molar-refractivity contribution in [3.63, 3.8) is 0 Å². The van der Waals surface area contributed by atoms with Gasteiger partial charge in [-0.25, -0.2) is 4.98 Å². The number of ether oxygens (including phenoxy) is 3. The van der Waals surface area contributed by atoms with E-state index in [4.69, 9.17) is 14.2 Å². The van der Waals surface area contributed by atoms with E-state index in [-0.39, 0.29) is 18.4 Å². The molecule has 0 bridgehead atoms. The van der Waals surface area contributed by atoms with Gasteiger partial charge in [0.1, 0.15) is 18.6 Å². The van der Waals surface area contributed by atoms with Crippen molar-refractivity contribution >= 4 is 5.82 Å². The lowest BCUT2D eigenvalue weighted by Crippen LogP contribution is -2.38. The normalized spacial score (nSPS) is 17.6. The van der Waals surface area contributed by atoms with Gasteiger partial charge in [-0.15, -0.1) is 0 Å². The van der Waals surface area contributed by atoms with Crippen molar-refractivity contribution in [1.82, 2.24) is 14.5 Å². The predicted octanol–water partition coefficient (Wildman–Crippen LogP) is 3.09. The van der Waals surface area contributed by atoms with E-state index in [0.29, 0.717) is 18.2 Å². The fourth-order valence-corrected chi connectivity index (χ4v) is 3.01. The largest absolute Gasteiger partial charge is 0.489 e. The summed E-state index contributed by atoms with van der Waals surface area (Å²) >= 11 is 0. The van der Waals surface area contributed by atoms with Crippen LogP contribution in [0.5, 0.6) is 17.6 Å². The van der Waals surface area contributed by atoms with Gasteiger partial charge in [-0.1, -0.05) is 12.1 Å².